The van der Waals surface area contributed by atoms with Crippen LogP contribution in [-0.2, 0) is 6.54 Å². The fraction of sp³-hybridized carbons (Fsp3) is 0.333. The van der Waals surface area contributed by atoms with Crippen LogP contribution in [0.15, 0.2) is 35.1 Å². The zero-order valence-corrected chi connectivity index (χ0v) is 12.6. The van der Waals surface area contributed by atoms with Crippen molar-refractivity contribution >= 4 is 23.1 Å². The molecule has 1 N–H and O–H groups in total. The SMILES string of the molecule is Cc1cc2n(c(=O)n1)CCN2CCNc1ccc(Cl)cc1. The molecule has 0 fully saturated rings. The van der Waals surface area contributed by atoms with E-state index in [4.69, 9.17) is 11.6 Å². The Morgan fingerprint density at radius 2 is 2.05 bits per heavy atom. The molecule has 6 heteroatoms. The van der Waals surface area contributed by atoms with Crippen LogP contribution in [0.4, 0.5) is 11.5 Å². The number of nitrogens with zero attached hydrogens (tertiary/aromatic N) is 3. The van der Waals surface area contributed by atoms with Crippen LogP contribution < -0.4 is 15.9 Å². The lowest BCUT2D eigenvalue weighted by atomic mass is 10.3. The van der Waals surface area contributed by atoms with E-state index in [1.165, 1.54) is 0 Å². The molecule has 0 aliphatic carbocycles. The number of rotatable bonds is 4. The van der Waals surface area contributed by atoms with Crippen molar-refractivity contribution in [3.8, 4) is 0 Å². The standard InChI is InChI=1S/C15H17ClN4O/c1-11-10-14-19(8-9-20(14)15(21)18-11)7-6-17-13-4-2-12(16)3-5-13/h2-5,10,17H,6-9H2,1H3. The van der Waals surface area contributed by atoms with E-state index >= 15 is 0 Å². The molecule has 0 atom stereocenters. The number of nitrogens with one attached hydrogen (secondary N) is 1. The highest BCUT2D eigenvalue weighted by atomic mass is 35.5. The molecule has 0 unspecified atom stereocenters. The molecule has 1 aromatic carbocycles. The van der Waals surface area contributed by atoms with E-state index in [-0.39, 0.29) is 5.69 Å². The molecule has 0 spiro atoms. The first-order chi connectivity index (χ1) is 10.1. The molecule has 1 aliphatic heterocycles. The largest absolute Gasteiger partial charge is 0.383 e. The highest BCUT2D eigenvalue weighted by molar-refractivity contribution is 6.30. The van der Waals surface area contributed by atoms with Gasteiger partial charge in [-0.15, -0.1) is 0 Å². The van der Waals surface area contributed by atoms with Gasteiger partial charge in [0.25, 0.3) is 0 Å². The summed E-state index contributed by atoms with van der Waals surface area (Å²) in [5.74, 6) is 0.963. The van der Waals surface area contributed by atoms with E-state index in [9.17, 15) is 4.79 Å². The second-order valence-corrected chi connectivity index (χ2v) is 5.55. The molecule has 1 aliphatic rings. The lowest BCUT2D eigenvalue weighted by Crippen LogP contribution is -2.28. The van der Waals surface area contributed by atoms with Gasteiger partial charge in [0.2, 0.25) is 0 Å². The van der Waals surface area contributed by atoms with Crippen molar-refractivity contribution in [2.45, 2.75) is 13.5 Å². The monoisotopic (exact) mass is 304 g/mol. The lowest BCUT2D eigenvalue weighted by Gasteiger charge is -2.19. The first kappa shape index (κ1) is 13.9. The highest BCUT2D eigenvalue weighted by Crippen LogP contribution is 2.19. The summed E-state index contributed by atoms with van der Waals surface area (Å²) in [6, 6.07) is 9.61. The number of fused-ring (bicyclic) bond motifs is 1. The Bertz CT molecular complexity index is 696. The molecular weight excluding hydrogens is 288 g/mol. The zero-order valence-electron chi connectivity index (χ0n) is 11.8. The maximum absolute atomic E-state index is 11.8. The van der Waals surface area contributed by atoms with Crippen LogP contribution in [0.3, 0.4) is 0 Å². The zero-order chi connectivity index (χ0) is 14.8. The maximum atomic E-state index is 11.8. The molecule has 0 saturated carbocycles. The van der Waals surface area contributed by atoms with Crippen LogP contribution in [0.5, 0.6) is 0 Å². The van der Waals surface area contributed by atoms with Crippen LogP contribution >= 0.6 is 11.6 Å². The van der Waals surface area contributed by atoms with Crippen molar-refractivity contribution in [3.63, 3.8) is 0 Å². The number of hydrogen-bond acceptors (Lipinski definition) is 4. The van der Waals surface area contributed by atoms with Crippen molar-refractivity contribution in [2.75, 3.05) is 29.9 Å². The summed E-state index contributed by atoms with van der Waals surface area (Å²) in [6.07, 6.45) is 0. The van der Waals surface area contributed by atoms with Gasteiger partial charge in [-0.2, -0.15) is 4.98 Å². The molecule has 1 aromatic heterocycles. The van der Waals surface area contributed by atoms with Crippen molar-refractivity contribution in [2.24, 2.45) is 0 Å². The van der Waals surface area contributed by atoms with Gasteiger partial charge in [0.15, 0.2) is 0 Å². The third-order valence-electron chi connectivity index (χ3n) is 3.59. The third kappa shape index (κ3) is 3.03. The first-order valence-electron chi connectivity index (χ1n) is 6.96. The topological polar surface area (TPSA) is 50.2 Å². The lowest BCUT2D eigenvalue weighted by molar-refractivity contribution is 0.727. The van der Waals surface area contributed by atoms with E-state index in [2.05, 4.69) is 15.2 Å². The highest BCUT2D eigenvalue weighted by Gasteiger charge is 2.20. The number of anilines is 2. The van der Waals surface area contributed by atoms with Crippen LogP contribution in [0.25, 0.3) is 0 Å². The Morgan fingerprint density at radius 1 is 1.29 bits per heavy atom. The minimum Gasteiger partial charge on any atom is -0.383 e. The van der Waals surface area contributed by atoms with Gasteiger partial charge in [-0.05, 0) is 31.2 Å². The van der Waals surface area contributed by atoms with E-state index in [1.807, 2.05) is 37.3 Å². The molecule has 110 valence electrons. The second kappa shape index (κ2) is 5.77. The third-order valence-corrected chi connectivity index (χ3v) is 3.84. The van der Waals surface area contributed by atoms with Crippen molar-refractivity contribution in [1.29, 1.82) is 0 Å². The van der Waals surface area contributed by atoms with Gasteiger partial charge < -0.3 is 10.2 Å². The predicted octanol–water partition coefficient (Wildman–Crippen LogP) is 2.14. The Hall–Kier alpha value is -2.01. The summed E-state index contributed by atoms with van der Waals surface area (Å²) in [5.41, 5.74) is 1.66. The average molecular weight is 305 g/mol. The van der Waals surface area contributed by atoms with Gasteiger partial charge in [-0.25, -0.2) is 4.79 Å². The average Bonchev–Trinajstić information content (AvgIpc) is 2.84. The summed E-state index contributed by atoms with van der Waals surface area (Å²) in [6.45, 7) is 5.05. The van der Waals surface area contributed by atoms with Crippen LogP contribution in [-0.4, -0.2) is 29.2 Å². The molecule has 0 bridgehead atoms. The van der Waals surface area contributed by atoms with Crippen molar-refractivity contribution in [3.05, 3.63) is 51.5 Å². The van der Waals surface area contributed by atoms with Crippen LogP contribution in [0.1, 0.15) is 5.69 Å². The minimum absolute atomic E-state index is 0.154. The summed E-state index contributed by atoms with van der Waals surface area (Å²) < 4.78 is 1.73. The van der Waals surface area contributed by atoms with E-state index in [0.717, 1.165) is 41.9 Å². The predicted molar refractivity (Wildman–Crippen MR) is 85.4 cm³/mol. The Morgan fingerprint density at radius 3 is 2.81 bits per heavy atom. The molecule has 5 nitrogen and oxygen atoms in total. The fourth-order valence-electron chi connectivity index (χ4n) is 2.54. The number of aromatic nitrogens is 2. The van der Waals surface area contributed by atoms with E-state index in [1.54, 1.807) is 4.57 Å². The number of benzene rings is 1. The van der Waals surface area contributed by atoms with Crippen LogP contribution in [0, 0.1) is 6.92 Å². The molecule has 2 aromatic rings. The van der Waals surface area contributed by atoms with Crippen LogP contribution in [0.2, 0.25) is 5.02 Å². The molecule has 0 amide bonds. The van der Waals surface area contributed by atoms with Gasteiger partial charge in [-0.3, -0.25) is 4.57 Å². The normalized spacial score (nSPS) is 13.3. The molecule has 3 rings (SSSR count). The number of halogens is 1. The summed E-state index contributed by atoms with van der Waals surface area (Å²) >= 11 is 5.86. The van der Waals surface area contributed by atoms with Gasteiger partial charge in [0, 0.05) is 48.6 Å². The first-order valence-corrected chi connectivity index (χ1v) is 7.34. The summed E-state index contributed by atoms with van der Waals surface area (Å²) in [5, 5.41) is 4.09. The smallest absolute Gasteiger partial charge is 0.349 e. The molecular formula is C15H17ClN4O. The molecule has 2 heterocycles. The van der Waals surface area contributed by atoms with Gasteiger partial charge in [-0.1, -0.05) is 11.6 Å². The Kier molecular flexibility index (Phi) is 3.84. The van der Waals surface area contributed by atoms with E-state index in [0.29, 0.717) is 6.54 Å². The molecule has 0 saturated heterocycles. The van der Waals surface area contributed by atoms with Gasteiger partial charge >= 0.3 is 5.69 Å². The van der Waals surface area contributed by atoms with E-state index < -0.39 is 0 Å². The Balaban J connectivity index is 1.63. The molecule has 21 heavy (non-hydrogen) atoms. The second-order valence-electron chi connectivity index (χ2n) is 5.11. The van der Waals surface area contributed by atoms with Crippen molar-refractivity contribution < 1.29 is 0 Å². The maximum Gasteiger partial charge on any atom is 0.349 e. The Labute approximate surface area is 128 Å². The molecule has 0 radical (unpaired) electrons. The fourth-order valence-corrected chi connectivity index (χ4v) is 2.67. The van der Waals surface area contributed by atoms with Gasteiger partial charge in [0.1, 0.15) is 5.82 Å². The summed E-state index contributed by atoms with van der Waals surface area (Å²) in [7, 11) is 0. The van der Waals surface area contributed by atoms with Gasteiger partial charge in [0.05, 0.1) is 0 Å². The summed E-state index contributed by atoms with van der Waals surface area (Å²) in [4.78, 5) is 18.0. The quantitative estimate of drug-likeness (QED) is 0.940. The number of hydrogen-bond donors (Lipinski definition) is 1. The van der Waals surface area contributed by atoms with Crippen molar-refractivity contribution in [1.82, 2.24) is 9.55 Å². The minimum atomic E-state index is -0.154. The number of aryl methyl sites for hydroxylation is 1.